The molecule has 3 heterocycles. The Morgan fingerprint density at radius 3 is 2.56 bits per heavy atom. The molecule has 2 amide bonds. The van der Waals surface area contributed by atoms with E-state index in [9.17, 15) is 9.59 Å². The summed E-state index contributed by atoms with van der Waals surface area (Å²) in [6, 6.07) is 11.8. The molecular formula is C19H21N3O2S. The second-order valence-electron chi connectivity index (χ2n) is 6.42. The fourth-order valence-electron chi connectivity index (χ4n) is 3.48. The van der Waals surface area contributed by atoms with Gasteiger partial charge in [-0.25, -0.2) is 0 Å². The number of fused-ring (bicyclic) bond motifs is 3. The number of carbonyl (C=O) groups excluding carboxylic acids is 2. The summed E-state index contributed by atoms with van der Waals surface area (Å²) in [6.45, 7) is 1.73. The molecule has 0 atom stereocenters. The minimum Gasteiger partial charge on any atom is -0.341 e. The van der Waals surface area contributed by atoms with Crippen LogP contribution in [0.25, 0.3) is 5.69 Å². The molecule has 0 spiro atoms. The van der Waals surface area contributed by atoms with Crippen molar-refractivity contribution < 1.29 is 9.59 Å². The van der Waals surface area contributed by atoms with Crippen LogP contribution in [0.3, 0.4) is 0 Å². The minimum absolute atomic E-state index is 0.0183. The molecule has 0 bridgehead atoms. The number of carbonyl (C=O) groups is 2. The molecule has 1 aromatic carbocycles. The van der Waals surface area contributed by atoms with Crippen molar-refractivity contribution in [3.05, 3.63) is 42.6 Å². The lowest BCUT2D eigenvalue weighted by Gasteiger charge is -2.32. The Morgan fingerprint density at radius 1 is 1.00 bits per heavy atom. The van der Waals surface area contributed by atoms with Gasteiger partial charge in [-0.1, -0.05) is 23.9 Å². The highest BCUT2D eigenvalue weighted by Crippen LogP contribution is 2.33. The first-order chi connectivity index (χ1) is 12.2. The smallest absolute Gasteiger partial charge is 0.242 e. The lowest BCUT2D eigenvalue weighted by atomic mass is 10.1. The van der Waals surface area contributed by atoms with Gasteiger partial charge in [-0.2, -0.15) is 0 Å². The van der Waals surface area contributed by atoms with Crippen molar-refractivity contribution in [1.29, 1.82) is 0 Å². The summed E-state index contributed by atoms with van der Waals surface area (Å²) in [5.41, 5.74) is 1.74. The average molecular weight is 355 g/mol. The van der Waals surface area contributed by atoms with Crippen LogP contribution in [0.1, 0.15) is 19.3 Å². The number of hydrogen-bond acceptors (Lipinski definition) is 3. The molecule has 5 nitrogen and oxygen atoms in total. The predicted molar refractivity (Wildman–Crippen MR) is 99.3 cm³/mol. The Hall–Kier alpha value is -2.21. The molecule has 25 heavy (non-hydrogen) atoms. The summed E-state index contributed by atoms with van der Waals surface area (Å²) in [5.74, 6) is 0.363. The summed E-state index contributed by atoms with van der Waals surface area (Å²) in [4.78, 5) is 29.1. The number of para-hydroxylation sites is 2. The topological polar surface area (TPSA) is 45.6 Å². The van der Waals surface area contributed by atoms with Crippen LogP contribution >= 0.6 is 11.8 Å². The fourth-order valence-corrected chi connectivity index (χ4v) is 4.38. The molecule has 0 aliphatic carbocycles. The summed E-state index contributed by atoms with van der Waals surface area (Å²) in [7, 11) is 0. The molecule has 6 heteroatoms. The first-order valence-corrected chi connectivity index (χ1v) is 9.70. The Morgan fingerprint density at radius 2 is 1.76 bits per heavy atom. The molecule has 2 aliphatic rings. The molecule has 2 aliphatic heterocycles. The first kappa shape index (κ1) is 16.3. The van der Waals surface area contributed by atoms with E-state index in [1.54, 1.807) is 4.90 Å². The van der Waals surface area contributed by atoms with E-state index in [-0.39, 0.29) is 18.4 Å². The van der Waals surface area contributed by atoms with Gasteiger partial charge in [-0.15, -0.1) is 0 Å². The molecule has 0 saturated carbocycles. The zero-order valence-corrected chi connectivity index (χ0v) is 14.9. The summed E-state index contributed by atoms with van der Waals surface area (Å²) >= 11 is 1.51. The standard InChI is InChI=1S/C19H21N3O2S/c23-17(20-10-4-1-5-11-20)13-22-16-8-3-2-7-15(16)21-12-6-9-19(21)25-14-18(22)24/h2-3,6-9,12H,1,4-5,10-11,13-14H2. The van der Waals surface area contributed by atoms with Crippen LogP contribution in [0, 0.1) is 0 Å². The van der Waals surface area contributed by atoms with Gasteiger partial charge in [0.1, 0.15) is 6.54 Å². The van der Waals surface area contributed by atoms with Crippen LogP contribution < -0.4 is 4.90 Å². The number of likely N-dealkylation sites (tertiary alicyclic amines) is 1. The quantitative estimate of drug-likeness (QED) is 0.832. The highest BCUT2D eigenvalue weighted by molar-refractivity contribution is 7.99. The average Bonchev–Trinajstić information content (AvgIpc) is 3.12. The molecule has 1 aromatic heterocycles. The molecule has 130 valence electrons. The lowest BCUT2D eigenvalue weighted by Crippen LogP contribution is -2.46. The second-order valence-corrected chi connectivity index (χ2v) is 7.41. The van der Waals surface area contributed by atoms with Crippen LogP contribution in [-0.2, 0) is 9.59 Å². The molecular weight excluding hydrogens is 334 g/mol. The van der Waals surface area contributed by atoms with Gasteiger partial charge in [-0.05, 0) is 43.5 Å². The van der Waals surface area contributed by atoms with E-state index < -0.39 is 0 Å². The Kier molecular flexibility index (Phi) is 4.53. The van der Waals surface area contributed by atoms with Gasteiger partial charge in [0.05, 0.1) is 22.2 Å². The zero-order chi connectivity index (χ0) is 17.2. The van der Waals surface area contributed by atoms with E-state index >= 15 is 0 Å². The van der Waals surface area contributed by atoms with Crippen molar-refractivity contribution in [2.75, 3.05) is 30.3 Å². The van der Waals surface area contributed by atoms with Gasteiger partial charge in [0, 0.05) is 19.3 Å². The summed E-state index contributed by atoms with van der Waals surface area (Å²) in [6.07, 6.45) is 5.29. The number of nitrogens with zero attached hydrogens (tertiary/aromatic N) is 3. The van der Waals surface area contributed by atoms with Crippen molar-refractivity contribution in [3.8, 4) is 5.69 Å². The number of anilines is 1. The number of rotatable bonds is 2. The highest BCUT2D eigenvalue weighted by atomic mass is 32.2. The maximum atomic E-state index is 12.8. The third kappa shape index (κ3) is 3.18. The van der Waals surface area contributed by atoms with E-state index in [0.717, 1.165) is 42.3 Å². The number of thioether (sulfide) groups is 1. The van der Waals surface area contributed by atoms with Gasteiger partial charge in [0.2, 0.25) is 11.8 Å². The molecule has 4 rings (SSSR count). The van der Waals surface area contributed by atoms with E-state index in [4.69, 9.17) is 0 Å². The summed E-state index contributed by atoms with van der Waals surface area (Å²) < 4.78 is 2.09. The maximum absolute atomic E-state index is 12.8. The van der Waals surface area contributed by atoms with Gasteiger partial charge in [-0.3, -0.25) is 9.59 Å². The van der Waals surface area contributed by atoms with Gasteiger partial charge in [0.15, 0.2) is 0 Å². The summed E-state index contributed by atoms with van der Waals surface area (Å²) in [5, 5.41) is 1.04. The number of benzene rings is 1. The molecule has 2 aromatic rings. The second kappa shape index (κ2) is 6.96. The molecule has 1 saturated heterocycles. The lowest BCUT2D eigenvalue weighted by molar-refractivity contribution is -0.131. The Bertz CT molecular complexity index is 795. The fraction of sp³-hybridized carbons (Fsp3) is 0.368. The predicted octanol–water partition coefficient (Wildman–Crippen LogP) is 2.93. The van der Waals surface area contributed by atoms with E-state index in [1.165, 1.54) is 18.2 Å². The van der Waals surface area contributed by atoms with Gasteiger partial charge in [0.25, 0.3) is 0 Å². The van der Waals surface area contributed by atoms with Gasteiger partial charge < -0.3 is 14.4 Å². The largest absolute Gasteiger partial charge is 0.341 e. The van der Waals surface area contributed by atoms with Crippen LogP contribution in [0.4, 0.5) is 5.69 Å². The van der Waals surface area contributed by atoms with Crippen LogP contribution in [0.15, 0.2) is 47.6 Å². The normalized spacial score (nSPS) is 17.5. The number of piperidine rings is 1. The van der Waals surface area contributed by atoms with E-state index in [0.29, 0.717) is 5.75 Å². The van der Waals surface area contributed by atoms with Crippen molar-refractivity contribution in [2.24, 2.45) is 0 Å². The van der Waals surface area contributed by atoms with Gasteiger partial charge >= 0.3 is 0 Å². The molecule has 0 radical (unpaired) electrons. The van der Waals surface area contributed by atoms with Crippen LogP contribution in [0.5, 0.6) is 0 Å². The monoisotopic (exact) mass is 355 g/mol. The number of aromatic nitrogens is 1. The maximum Gasteiger partial charge on any atom is 0.242 e. The number of hydrogen-bond donors (Lipinski definition) is 0. The molecule has 0 unspecified atom stereocenters. The van der Waals surface area contributed by atoms with E-state index in [2.05, 4.69) is 4.57 Å². The van der Waals surface area contributed by atoms with Crippen LogP contribution in [-0.4, -0.2) is 46.7 Å². The van der Waals surface area contributed by atoms with E-state index in [1.807, 2.05) is 47.5 Å². The highest BCUT2D eigenvalue weighted by Gasteiger charge is 2.27. The third-order valence-corrected chi connectivity index (χ3v) is 5.81. The Labute approximate surface area is 151 Å². The van der Waals surface area contributed by atoms with Crippen molar-refractivity contribution in [3.63, 3.8) is 0 Å². The Balaban J connectivity index is 1.68. The van der Waals surface area contributed by atoms with Crippen molar-refractivity contribution in [2.45, 2.75) is 24.3 Å². The molecule has 1 fully saturated rings. The van der Waals surface area contributed by atoms with Crippen molar-refractivity contribution in [1.82, 2.24) is 9.47 Å². The van der Waals surface area contributed by atoms with Crippen molar-refractivity contribution >= 4 is 29.3 Å². The minimum atomic E-state index is -0.0183. The van der Waals surface area contributed by atoms with Crippen LogP contribution in [0.2, 0.25) is 0 Å². The third-order valence-electron chi connectivity index (χ3n) is 4.79. The molecule has 0 N–H and O–H groups in total. The number of amides is 2. The SMILES string of the molecule is O=C(CN1C(=O)CSc2cccn2-c2ccccc21)N1CCCCC1. The zero-order valence-electron chi connectivity index (χ0n) is 14.1. The first-order valence-electron chi connectivity index (χ1n) is 8.72.